The Labute approximate surface area is 126 Å². The summed E-state index contributed by atoms with van der Waals surface area (Å²) in [5.41, 5.74) is 1.44. The second-order valence-electron chi connectivity index (χ2n) is 4.94. The van der Waals surface area contributed by atoms with Crippen LogP contribution >= 0.6 is 11.6 Å². The zero-order chi connectivity index (χ0) is 15.0. The predicted molar refractivity (Wildman–Crippen MR) is 77.6 cm³/mol. The summed E-state index contributed by atoms with van der Waals surface area (Å²) in [6.07, 6.45) is -1.16. The Kier molecular flexibility index (Phi) is 3.74. The number of aliphatic hydroxyl groups is 1. The maximum absolute atomic E-state index is 13.9. The number of rotatable bonds is 2. The summed E-state index contributed by atoms with van der Waals surface area (Å²) in [5.74, 6) is 0.568. The lowest BCUT2D eigenvalue weighted by atomic mass is 9.99. The van der Waals surface area contributed by atoms with Gasteiger partial charge in [0, 0.05) is 17.2 Å². The van der Waals surface area contributed by atoms with Gasteiger partial charge >= 0.3 is 0 Å². The molecular formula is C16H14ClFO3. The molecule has 1 heterocycles. The van der Waals surface area contributed by atoms with Crippen molar-refractivity contribution in [2.45, 2.75) is 13.0 Å². The van der Waals surface area contributed by atoms with E-state index in [2.05, 4.69) is 0 Å². The van der Waals surface area contributed by atoms with Crippen LogP contribution in [0.15, 0.2) is 30.3 Å². The molecule has 5 heteroatoms. The van der Waals surface area contributed by atoms with E-state index in [0.29, 0.717) is 35.3 Å². The molecule has 1 atom stereocenters. The Hall–Kier alpha value is -1.78. The minimum Gasteiger partial charge on any atom is -0.486 e. The highest BCUT2D eigenvalue weighted by molar-refractivity contribution is 6.31. The van der Waals surface area contributed by atoms with Gasteiger partial charge in [0.1, 0.15) is 25.1 Å². The third kappa shape index (κ3) is 2.69. The molecule has 0 saturated heterocycles. The van der Waals surface area contributed by atoms with E-state index in [0.717, 1.165) is 5.56 Å². The van der Waals surface area contributed by atoms with E-state index in [9.17, 15) is 9.50 Å². The summed E-state index contributed by atoms with van der Waals surface area (Å²) in [6, 6.07) is 7.77. The van der Waals surface area contributed by atoms with Crippen molar-refractivity contribution in [2.75, 3.05) is 13.2 Å². The number of fused-ring (bicyclic) bond motifs is 1. The molecule has 0 bridgehead atoms. The van der Waals surface area contributed by atoms with Crippen LogP contribution in [0.25, 0.3) is 0 Å². The van der Waals surface area contributed by atoms with Crippen LogP contribution in [0.4, 0.5) is 4.39 Å². The summed E-state index contributed by atoms with van der Waals surface area (Å²) in [6.45, 7) is 2.72. The Bertz CT molecular complexity index is 687. The number of benzene rings is 2. The Balaban J connectivity index is 2.05. The van der Waals surface area contributed by atoms with Gasteiger partial charge in [-0.25, -0.2) is 4.39 Å². The monoisotopic (exact) mass is 308 g/mol. The van der Waals surface area contributed by atoms with Crippen molar-refractivity contribution in [3.05, 3.63) is 57.9 Å². The minimum absolute atomic E-state index is 0.188. The molecule has 2 aromatic rings. The van der Waals surface area contributed by atoms with Crippen molar-refractivity contribution < 1.29 is 19.0 Å². The number of aryl methyl sites for hydroxylation is 1. The van der Waals surface area contributed by atoms with Crippen molar-refractivity contribution in [3.8, 4) is 11.5 Å². The standard InChI is InChI=1S/C16H14ClFO3/c1-9-2-3-13(18)11(6-9)16(19)10-7-14-15(8-12(10)17)21-5-4-20-14/h2-3,6-8,16,19H,4-5H2,1H3. The Morgan fingerprint density at radius 1 is 1.10 bits per heavy atom. The second kappa shape index (κ2) is 5.54. The molecule has 110 valence electrons. The van der Waals surface area contributed by atoms with E-state index >= 15 is 0 Å². The molecular weight excluding hydrogens is 295 g/mol. The van der Waals surface area contributed by atoms with Crippen LogP contribution in [0.1, 0.15) is 22.8 Å². The number of halogens is 2. The van der Waals surface area contributed by atoms with E-state index in [1.165, 1.54) is 6.07 Å². The lowest BCUT2D eigenvalue weighted by Gasteiger charge is -2.21. The van der Waals surface area contributed by atoms with E-state index in [1.807, 2.05) is 6.92 Å². The summed E-state index contributed by atoms with van der Waals surface area (Å²) >= 11 is 6.18. The number of aliphatic hydroxyl groups excluding tert-OH is 1. The quantitative estimate of drug-likeness (QED) is 0.920. The fourth-order valence-corrected chi connectivity index (χ4v) is 2.59. The van der Waals surface area contributed by atoms with Gasteiger partial charge in [-0.2, -0.15) is 0 Å². The highest BCUT2D eigenvalue weighted by Crippen LogP contribution is 2.39. The molecule has 1 aliphatic rings. The van der Waals surface area contributed by atoms with Crippen molar-refractivity contribution in [1.29, 1.82) is 0 Å². The molecule has 0 aliphatic carbocycles. The second-order valence-corrected chi connectivity index (χ2v) is 5.35. The maximum atomic E-state index is 13.9. The van der Waals surface area contributed by atoms with Gasteiger partial charge in [-0.3, -0.25) is 0 Å². The molecule has 3 nitrogen and oxygen atoms in total. The van der Waals surface area contributed by atoms with Crippen LogP contribution < -0.4 is 9.47 Å². The molecule has 3 rings (SSSR count). The molecule has 0 spiro atoms. The summed E-state index contributed by atoms with van der Waals surface area (Å²) in [7, 11) is 0. The molecule has 1 aliphatic heterocycles. The number of hydrogen-bond acceptors (Lipinski definition) is 3. The highest BCUT2D eigenvalue weighted by Gasteiger charge is 2.22. The smallest absolute Gasteiger partial charge is 0.162 e. The van der Waals surface area contributed by atoms with Gasteiger partial charge in [0.15, 0.2) is 11.5 Å². The van der Waals surface area contributed by atoms with Crippen molar-refractivity contribution in [2.24, 2.45) is 0 Å². The molecule has 0 saturated carbocycles. The van der Waals surface area contributed by atoms with Crippen LogP contribution in [-0.2, 0) is 0 Å². The molecule has 2 aromatic carbocycles. The molecule has 0 radical (unpaired) electrons. The summed E-state index contributed by atoms with van der Waals surface area (Å²) < 4.78 is 24.8. The first kappa shape index (κ1) is 14.2. The fourth-order valence-electron chi connectivity index (χ4n) is 2.33. The zero-order valence-electron chi connectivity index (χ0n) is 11.4. The largest absolute Gasteiger partial charge is 0.486 e. The molecule has 21 heavy (non-hydrogen) atoms. The average molecular weight is 309 g/mol. The topological polar surface area (TPSA) is 38.7 Å². The molecule has 0 amide bonds. The molecule has 0 fully saturated rings. The lowest BCUT2D eigenvalue weighted by molar-refractivity contribution is 0.169. The molecule has 0 aromatic heterocycles. The normalized spacial score (nSPS) is 14.9. The van der Waals surface area contributed by atoms with Crippen LogP contribution in [0.5, 0.6) is 11.5 Å². The van der Waals surface area contributed by atoms with Crippen molar-refractivity contribution in [3.63, 3.8) is 0 Å². The Morgan fingerprint density at radius 2 is 1.76 bits per heavy atom. The highest BCUT2D eigenvalue weighted by atomic mass is 35.5. The van der Waals surface area contributed by atoms with E-state index in [-0.39, 0.29) is 5.56 Å². The first-order valence-electron chi connectivity index (χ1n) is 6.59. The SMILES string of the molecule is Cc1ccc(F)c(C(O)c2cc3c(cc2Cl)OCCO3)c1. The number of ether oxygens (including phenoxy) is 2. The van der Waals surface area contributed by atoms with Gasteiger partial charge in [0.2, 0.25) is 0 Å². The van der Waals surface area contributed by atoms with Crippen molar-refractivity contribution in [1.82, 2.24) is 0 Å². The zero-order valence-corrected chi connectivity index (χ0v) is 12.2. The molecule has 1 unspecified atom stereocenters. The lowest BCUT2D eigenvalue weighted by Crippen LogP contribution is -2.16. The first-order valence-corrected chi connectivity index (χ1v) is 6.97. The van der Waals surface area contributed by atoms with E-state index < -0.39 is 11.9 Å². The Morgan fingerprint density at radius 3 is 2.48 bits per heavy atom. The first-order chi connectivity index (χ1) is 10.1. The maximum Gasteiger partial charge on any atom is 0.162 e. The van der Waals surface area contributed by atoms with Gasteiger partial charge in [0.25, 0.3) is 0 Å². The summed E-state index contributed by atoms with van der Waals surface area (Å²) in [4.78, 5) is 0. The van der Waals surface area contributed by atoms with Crippen LogP contribution in [0.3, 0.4) is 0 Å². The molecule has 1 N–H and O–H groups in total. The van der Waals surface area contributed by atoms with E-state index in [1.54, 1.807) is 24.3 Å². The van der Waals surface area contributed by atoms with Gasteiger partial charge in [-0.15, -0.1) is 0 Å². The average Bonchev–Trinajstić information content (AvgIpc) is 2.48. The van der Waals surface area contributed by atoms with Crippen LogP contribution in [0, 0.1) is 12.7 Å². The summed E-state index contributed by atoms with van der Waals surface area (Å²) in [5, 5.41) is 10.8. The van der Waals surface area contributed by atoms with Crippen molar-refractivity contribution >= 4 is 11.6 Å². The van der Waals surface area contributed by atoms with Gasteiger partial charge in [-0.05, 0) is 19.1 Å². The fraction of sp³-hybridized carbons (Fsp3) is 0.250. The van der Waals surface area contributed by atoms with E-state index in [4.69, 9.17) is 21.1 Å². The predicted octanol–water partition coefficient (Wildman–Crippen LogP) is 3.64. The van der Waals surface area contributed by atoms with Crippen LogP contribution in [0.2, 0.25) is 5.02 Å². The third-order valence-electron chi connectivity index (χ3n) is 3.40. The minimum atomic E-state index is -1.16. The van der Waals surface area contributed by atoms with Crippen LogP contribution in [-0.4, -0.2) is 18.3 Å². The van der Waals surface area contributed by atoms with Gasteiger partial charge in [0.05, 0.1) is 5.02 Å². The van der Waals surface area contributed by atoms with Gasteiger partial charge in [-0.1, -0.05) is 29.3 Å². The third-order valence-corrected chi connectivity index (χ3v) is 3.73. The number of hydrogen-bond donors (Lipinski definition) is 1. The van der Waals surface area contributed by atoms with Gasteiger partial charge < -0.3 is 14.6 Å².